The zero-order chi connectivity index (χ0) is 29.3. The summed E-state index contributed by atoms with van der Waals surface area (Å²) in [5, 5.41) is 1.00. The number of hydrogen-bond acceptors (Lipinski definition) is 6. The lowest BCUT2D eigenvalue weighted by Gasteiger charge is -2.26. The molecule has 9 heteroatoms. The topological polar surface area (TPSA) is 73.8 Å². The molecule has 0 N–H and O–H groups in total. The lowest BCUT2D eigenvalue weighted by atomic mass is 9.92. The second-order valence-corrected chi connectivity index (χ2v) is 11.9. The van der Waals surface area contributed by atoms with Crippen LogP contribution in [0.1, 0.15) is 69.4 Å². The molecule has 0 unspecified atom stereocenters. The molecule has 4 aromatic rings. The highest BCUT2D eigenvalue weighted by Crippen LogP contribution is 2.34. The van der Waals surface area contributed by atoms with Gasteiger partial charge in [-0.1, -0.05) is 86.0 Å². The quantitative estimate of drug-likeness (QED) is 0.197. The predicted octanol–water partition coefficient (Wildman–Crippen LogP) is 7.27. The molecule has 212 valence electrons. The van der Waals surface area contributed by atoms with E-state index in [4.69, 9.17) is 37.3 Å². The summed E-state index contributed by atoms with van der Waals surface area (Å²) in [4.78, 5) is 32.7. The highest BCUT2D eigenvalue weighted by molar-refractivity contribution is 7.07. The molecule has 0 aliphatic carbocycles. The first-order valence-electron chi connectivity index (χ1n) is 13.6. The predicted molar refractivity (Wildman–Crippen MR) is 164 cm³/mol. The lowest BCUT2D eigenvalue weighted by Crippen LogP contribution is -2.40. The molecule has 0 fully saturated rings. The van der Waals surface area contributed by atoms with E-state index < -0.39 is 12.0 Å². The van der Waals surface area contributed by atoms with Crippen molar-refractivity contribution in [2.24, 2.45) is 4.99 Å². The van der Waals surface area contributed by atoms with Gasteiger partial charge >= 0.3 is 5.97 Å². The Kier molecular flexibility index (Phi) is 8.68. The van der Waals surface area contributed by atoms with Gasteiger partial charge in [-0.05, 0) is 60.7 Å². The number of halogens is 2. The molecule has 0 amide bonds. The minimum Gasteiger partial charge on any atom is -0.463 e. The number of rotatable bonds is 8. The van der Waals surface area contributed by atoms with Gasteiger partial charge < -0.3 is 9.15 Å². The van der Waals surface area contributed by atoms with E-state index in [0.717, 1.165) is 12.0 Å². The second-order valence-electron chi connectivity index (χ2n) is 10.1. The Balaban J connectivity index is 1.66. The monoisotopic (exact) mass is 608 g/mol. The van der Waals surface area contributed by atoms with Crippen molar-refractivity contribution in [3.05, 3.63) is 112 Å². The van der Waals surface area contributed by atoms with Crippen LogP contribution in [0, 0.1) is 0 Å². The molecule has 5 rings (SSSR count). The van der Waals surface area contributed by atoms with Gasteiger partial charge in [0.25, 0.3) is 5.56 Å². The number of furan rings is 1. The molecule has 0 spiro atoms. The maximum absolute atomic E-state index is 14.0. The van der Waals surface area contributed by atoms with Crippen LogP contribution in [0.4, 0.5) is 0 Å². The van der Waals surface area contributed by atoms with Crippen LogP contribution in [0.2, 0.25) is 10.0 Å². The minimum absolute atomic E-state index is 0.226. The van der Waals surface area contributed by atoms with Gasteiger partial charge in [-0.15, -0.1) is 0 Å². The number of hydrogen-bond donors (Lipinski definition) is 0. The molecule has 3 heterocycles. The van der Waals surface area contributed by atoms with Crippen molar-refractivity contribution >= 4 is 46.6 Å². The van der Waals surface area contributed by atoms with Crippen LogP contribution in [-0.4, -0.2) is 17.1 Å². The number of thiazole rings is 1. The zero-order valence-electron chi connectivity index (χ0n) is 23.2. The van der Waals surface area contributed by atoms with Gasteiger partial charge in [0.2, 0.25) is 0 Å². The highest BCUT2D eigenvalue weighted by Gasteiger charge is 2.34. The van der Waals surface area contributed by atoms with Crippen molar-refractivity contribution in [1.82, 2.24) is 4.57 Å². The minimum atomic E-state index is -0.657. The zero-order valence-corrected chi connectivity index (χ0v) is 25.6. The molecule has 1 aliphatic rings. The Bertz CT molecular complexity index is 1810. The van der Waals surface area contributed by atoms with E-state index >= 15 is 0 Å². The van der Waals surface area contributed by atoms with Gasteiger partial charge in [0.1, 0.15) is 11.5 Å². The number of benzene rings is 2. The Morgan fingerprint density at radius 1 is 1.12 bits per heavy atom. The van der Waals surface area contributed by atoms with E-state index in [9.17, 15) is 9.59 Å². The van der Waals surface area contributed by atoms with Crippen LogP contribution < -0.4 is 14.9 Å². The first-order valence-corrected chi connectivity index (χ1v) is 15.2. The fraction of sp³-hybridized carbons (Fsp3) is 0.281. The molecule has 0 saturated carbocycles. The Morgan fingerprint density at radius 2 is 1.88 bits per heavy atom. The molecule has 1 aliphatic heterocycles. The summed E-state index contributed by atoms with van der Waals surface area (Å²) in [6.45, 7) is 8.29. The van der Waals surface area contributed by atoms with Crippen molar-refractivity contribution in [2.75, 3.05) is 6.61 Å². The van der Waals surface area contributed by atoms with Crippen LogP contribution >= 0.6 is 34.5 Å². The summed E-state index contributed by atoms with van der Waals surface area (Å²) in [5.74, 6) is 0.946. The third-order valence-corrected chi connectivity index (χ3v) is 8.44. The number of carbonyl (C=O) groups is 1. The molecular weight excluding hydrogens is 579 g/mol. The molecule has 1 atom stereocenters. The van der Waals surface area contributed by atoms with E-state index in [2.05, 4.69) is 13.8 Å². The third kappa shape index (κ3) is 5.85. The number of esters is 1. The SMILES string of the molecule is CCCC1=C(C(=O)OCC)[C@@H](c2ccc(C(C)C)cc2)n2c(s/c(=C\c3ccc(-c4ccc(Cl)cc4Cl)o3)c2=O)=N1. The number of nitrogens with zero attached hydrogens (tertiary/aromatic N) is 2. The first-order chi connectivity index (χ1) is 19.7. The summed E-state index contributed by atoms with van der Waals surface area (Å²) in [5.41, 5.74) is 3.49. The number of carbonyl (C=O) groups excluding carboxylic acids is 1. The van der Waals surface area contributed by atoms with Gasteiger partial charge in [0, 0.05) is 16.7 Å². The molecule has 2 aromatic carbocycles. The van der Waals surface area contributed by atoms with Crippen LogP contribution in [-0.2, 0) is 9.53 Å². The van der Waals surface area contributed by atoms with Crippen molar-refractivity contribution in [1.29, 1.82) is 0 Å². The Labute approximate surface area is 252 Å². The summed E-state index contributed by atoms with van der Waals surface area (Å²) >= 11 is 13.7. The van der Waals surface area contributed by atoms with E-state index in [1.807, 2.05) is 31.2 Å². The number of fused-ring (bicyclic) bond motifs is 1. The molecule has 41 heavy (non-hydrogen) atoms. The van der Waals surface area contributed by atoms with E-state index in [1.54, 1.807) is 47.9 Å². The van der Waals surface area contributed by atoms with Crippen LogP contribution in [0.15, 0.2) is 80.1 Å². The number of ether oxygens (including phenoxy) is 1. The smallest absolute Gasteiger partial charge is 0.338 e. The average Bonchev–Trinajstić information content (AvgIpc) is 3.52. The number of allylic oxidation sites excluding steroid dienone is 1. The van der Waals surface area contributed by atoms with E-state index in [-0.39, 0.29) is 12.2 Å². The van der Waals surface area contributed by atoms with Gasteiger partial charge in [0.05, 0.1) is 33.5 Å². The maximum atomic E-state index is 14.0. The summed E-state index contributed by atoms with van der Waals surface area (Å²) in [7, 11) is 0. The fourth-order valence-corrected chi connectivity index (χ4v) is 6.39. The van der Waals surface area contributed by atoms with Crippen LogP contribution in [0.3, 0.4) is 0 Å². The normalized spacial score (nSPS) is 15.3. The molecule has 0 saturated heterocycles. The van der Waals surface area contributed by atoms with E-state index in [0.29, 0.717) is 60.1 Å². The maximum Gasteiger partial charge on any atom is 0.338 e. The van der Waals surface area contributed by atoms with Crippen LogP contribution in [0.5, 0.6) is 0 Å². The molecule has 6 nitrogen and oxygen atoms in total. The van der Waals surface area contributed by atoms with Gasteiger partial charge in [-0.3, -0.25) is 9.36 Å². The van der Waals surface area contributed by atoms with Crippen molar-refractivity contribution in [3.8, 4) is 11.3 Å². The standard InChI is InChI=1S/C32H30Cl2N2O4S/c1-5-7-25-28(31(38)39-6-2)29(20-10-8-19(9-11-20)18(3)4)36-30(37)27(41-32(36)35-25)17-22-13-15-26(40-22)23-14-12-21(33)16-24(23)34/h8-18,29H,5-7H2,1-4H3/b27-17-/t29-/m1/s1. The van der Waals surface area contributed by atoms with Crippen molar-refractivity contribution in [3.63, 3.8) is 0 Å². The molecule has 0 bridgehead atoms. The second kappa shape index (κ2) is 12.2. The number of aromatic nitrogens is 1. The molecular formula is C32H30Cl2N2O4S. The van der Waals surface area contributed by atoms with E-state index in [1.165, 1.54) is 16.9 Å². The van der Waals surface area contributed by atoms with Gasteiger partial charge in [-0.25, -0.2) is 9.79 Å². The first kappa shape index (κ1) is 29.1. The lowest BCUT2D eigenvalue weighted by molar-refractivity contribution is -0.139. The summed E-state index contributed by atoms with van der Waals surface area (Å²) < 4.78 is 13.6. The Morgan fingerprint density at radius 3 is 2.54 bits per heavy atom. The largest absolute Gasteiger partial charge is 0.463 e. The van der Waals surface area contributed by atoms with Crippen LogP contribution in [0.25, 0.3) is 17.4 Å². The summed E-state index contributed by atoms with van der Waals surface area (Å²) in [6.07, 6.45) is 3.07. The summed E-state index contributed by atoms with van der Waals surface area (Å²) in [6, 6.07) is 16.2. The van der Waals surface area contributed by atoms with Crippen molar-refractivity contribution < 1.29 is 13.9 Å². The molecule has 0 radical (unpaired) electrons. The van der Waals surface area contributed by atoms with Gasteiger partial charge in [-0.2, -0.15) is 0 Å². The van der Waals surface area contributed by atoms with Crippen molar-refractivity contribution in [2.45, 2.75) is 52.5 Å². The Hall–Kier alpha value is -3.39. The highest BCUT2D eigenvalue weighted by atomic mass is 35.5. The average molecular weight is 610 g/mol. The molecule has 2 aromatic heterocycles. The third-order valence-electron chi connectivity index (χ3n) is 6.91. The van der Waals surface area contributed by atoms with Gasteiger partial charge in [0.15, 0.2) is 4.80 Å². The fourth-order valence-electron chi connectivity index (χ4n) is 4.89.